The van der Waals surface area contributed by atoms with Crippen LogP contribution in [0.2, 0.25) is 0 Å². The van der Waals surface area contributed by atoms with Crippen molar-refractivity contribution in [3.8, 4) is 5.75 Å². The van der Waals surface area contributed by atoms with E-state index in [2.05, 4.69) is 17.1 Å². The van der Waals surface area contributed by atoms with E-state index in [1.807, 2.05) is 31.2 Å². The second-order valence-corrected chi connectivity index (χ2v) is 6.21. The minimum atomic E-state index is 0.0343. The molecule has 1 aromatic carbocycles. The Labute approximate surface area is 145 Å². The largest absolute Gasteiger partial charge is 0.494 e. The van der Waals surface area contributed by atoms with Crippen molar-refractivity contribution in [1.29, 1.82) is 0 Å². The van der Waals surface area contributed by atoms with Gasteiger partial charge in [-0.1, -0.05) is 6.92 Å². The first kappa shape index (κ1) is 18.7. The third-order valence-corrected chi connectivity index (χ3v) is 4.14. The summed E-state index contributed by atoms with van der Waals surface area (Å²) in [4.78, 5) is 14.5. The Morgan fingerprint density at radius 1 is 1.21 bits per heavy atom. The number of nitrogens with one attached hydrogen (secondary N) is 1. The van der Waals surface area contributed by atoms with Crippen LogP contribution in [0.5, 0.6) is 5.75 Å². The van der Waals surface area contributed by atoms with Gasteiger partial charge in [0.2, 0.25) is 5.91 Å². The first-order chi connectivity index (χ1) is 11.7. The topological polar surface area (TPSA) is 50.8 Å². The van der Waals surface area contributed by atoms with E-state index in [4.69, 9.17) is 9.47 Å². The number of likely N-dealkylation sites (tertiary alicyclic amines) is 1. The van der Waals surface area contributed by atoms with E-state index in [1.54, 1.807) is 0 Å². The van der Waals surface area contributed by atoms with Crippen molar-refractivity contribution in [2.45, 2.75) is 45.6 Å². The van der Waals surface area contributed by atoms with Crippen LogP contribution in [0.3, 0.4) is 0 Å². The summed E-state index contributed by atoms with van der Waals surface area (Å²) in [6.07, 6.45) is 4.60. The molecule has 24 heavy (non-hydrogen) atoms. The number of benzene rings is 1. The lowest BCUT2D eigenvalue weighted by Gasteiger charge is -2.19. The highest BCUT2D eigenvalue weighted by Gasteiger charge is 2.19. The molecule has 134 valence electrons. The number of rotatable bonds is 8. The summed E-state index contributed by atoms with van der Waals surface area (Å²) >= 11 is 0. The van der Waals surface area contributed by atoms with Crippen molar-refractivity contribution in [2.24, 2.45) is 0 Å². The molecule has 1 aromatic rings. The van der Waals surface area contributed by atoms with E-state index in [0.717, 1.165) is 56.8 Å². The molecule has 5 heteroatoms. The normalized spacial score (nSPS) is 18.8. The molecule has 1 saturated heterocycles. The van der Waals surface area contributed by atoms with Gasteiger partial charge in [-0.25, -0.2) is 0 Å². The van der Waals surface area contributed by atoms with Crippen molar-refractivity contribution in [3.05, 3.63) is 24.3 Å². The molecule has 1 heterocycles. The average molecular weight is 334 g/mol. The van der Waals surface area contributed by atoms with E-state index in [9.17, 15) is 4.79 Å². The van der Waals surface area contributed by atoms with Gasteiger partial charge < -0.3 is 14.8 Å². The molecule has 1 atom stereocenters. The van der Waals surface area contributed by atoms with Gasteiger partial charge in [-0.2, -0.15) is 0 Å². The van der Waals surface area contributed by atoms with E-state index < -0.39 is 0 Å². The molecule has 1 N–H and O–H groups in total. The number of hydrogen-bond donors (Lipinski definition) is 1. The molecule has 5 nitrogen and oxygen atoms in total. The predicted molar refractivity (Wildman–Crippen MR) is 96.6 cm³/mol. The smallest absolute Gasteiger partial charge is 0.238 e. The quantitative estimate of drug-likeness (QED) is 0.792. The fourth-order valence-electron chi connectivity index (χ4n) is 2.94. The molecule has 1 aliphatic rings. The Morgan fingerprint density at radius 3 is 2.71 bits per heavy atom. The predicted octanol–water partition coefficient (Wildman–Crippen LogP) is 3.30. The fourth-order valence-corrected chi connectivity index (χ4v) is 2.94. The molecular formula is C19H30N2O3. The second-order valence-electron chi connectivity index (χ2n) is 6.21. The van der Waals surface area contributed by atoms with Crippen LogP contribution in [0.1, 0.15) is 39.5 Å². The number of anilines is 1. The molecule has 0 aromatic heterocycles. The van der Waals surface area contributed by atoms with Crippen molar-refractivity contribution in [2.75, 3.05) is 38.2 Å². The number of carbonyl (C=O) groups is 1. The lowest BCUT2D eigenvalue weighted by molar-refractivity contribution is -0.117. The Morgan fingerprint density at radius 2 is 2.00 bits per heavy atom. The van der Waals surface area contributed by atoms with Gasteiger partial charge in [-0.15, -0.1) is 0 Å². The number of hydrogen-bond acceptors (Lipinski definition) is 4. The minimum absolute atomic E-state index is 0.0343. The van der Waals surface area contributed by atoms with Crippen LogP contribution in [0.25, 0.3) is 0 Å². The molecular weight excluding hydrogens is 304 g/mol. The molecule has 1 fully saturated rings. The zero-order valence-corrected chi connectivity index (χ0v) is 14.9. The molecule has 1 amide bonds. The first-order valence-corrected chi connectivity index (χ1v) is 9.08. The minimum Gasteiger partial charge on any atom is -0.494 e. The van der Waals surface area contributed by atoms with Crippen LogP contribution in [-0.2, 0) is 9.53 Å². The summed E-state index contributed by atoms with van der Waals surface area (Å²) in [5.41, 5.74) is 0.808. The summed E-state index contributed by atoms with van der Waals surface area (Å²) in [7, 11) is 0. The van der Waals surface area contributed by atoms with Crippen LogP contribution in [0, 0.1) is 0 Å². The van der Waals surface area contributed by atoms with Crippen molar-refractivity contribution in [1.82, 2.24) is 4.90 Å². The number of nitrogens with zero attached hydrogens (tertiary/aromatic N) is 1. The van der Waals surface area contributed by atoms with Crippen LogP contribution < -0.4 is 10.1 Å². The van der Waals surface area contributed by atoms with Gasteiger partial charge in [0.25, 0.3) is 0 Å². The van der Waals surface area contributed by atoms with Gasteiger partial charge in [0, 0.05) is 18.8 Å². The molecule has 0 radical (unpaired) electrons. The standard InChI is InChI=1S/C19H30N2O3/c1-3-14-24-17-6-5-12-21(13-11-17)15-19(22)20-16-7-9-18(10-8-16)23-4-2/h7-10,17H,3-6,11-15H2,1-2H3,(H,20,22). The summed E-state index contributed by atoms with van der Waals surface area (Å²) in [6.45, 7) is 7.89. The average Bonchev–Trinajstić information content (AvgIpc) is 2.80. The Bertz CT molecular complexity index is 490. The maximum Gasteiger partial charge on any atom is 0.238 e. The molecule has 2 rings (SSSR count). The molecule has 0 bridgehead atoms. The lowest BCUT2D eigenvalue weighted by Crippen LogP contribution is -2.34. The summed E-state index contributed by atoms with van der Waals surface area (Å²) in [5.74, 6) is 0.855. The number of amides is 1. The van der Waals surface area contributed by atoms with E-state index >= 15 is 0 Å². The molecule has 0 aliphatic carbocycles. The van der Waals surface area contributed by atoms with Crippen LogP contribution in [0.4, 0.5) is 5.69 Å². The monoisotopic (exact) mass is 334 g/mol. The maximum absolute atomic E-state index is 12.2. The highest BCUT2D eigenvalue weighted by Crippen LogP contribution is 2.17. The van der Waals surface area contributed by atoms with Gasteiger partial charge in [0.15, 0.2) is 0 Å². The van der Waals surface area contributed by atoms with E-state index in [0.29, 0.717) is 19.3 Å². The van der Waals surface area contributed by atoms with Gasteiger partial charge in [0.05, 0.1) is 19.3 Å². The lowest BCUT2D eigenvalue weighted by atomic mass is 10.2. The number of carbonyl (C=O) groups excluding carboxylic acids is 1. The van der Waals surface area contributed by atoms with Crippen LogP contribution in [-0.4, -0.2) is 49.8 Å². The first-order valence-electron chi connectivity index (χ1n) is 9.08. The van der Waals surface area contributed by atoms with Crippen LogP contribution in [0.15, 0.2) is 24.3 Å². The summed E-state index contributed by atoms with van der Waals surface area (Å²) in [5, 5.41) is 2.96. The second kappa shape index (κ2) is 10.3. The van der Waals surface area contributed by atoms with Crippen molar-refractivity contribution in [3.63, 3.8) is 0 Å². The highest BCUT2D eigenvalue weighted by molar-refractivity contribution is 5.92. The molecule has 1 aliphatic heterocycles. The van der Waals surface area contributed by atoms with E-state index in [1.165, 1.54) is 0 Å². The zero-order valence-electron chi connectivity index (χ0n) is 14.9. The maximum atomic E-state index is 12.2. The van der Waals surface area contributed by atoms with Crippen molar-refractivity contribution >= 4 is 11.6 Å². The fraction of sp³-hybridized carbons (Fsp3) is 0.632. The summed E-state index contributed by atoms with van der Waals surface area (Å²) in [6, 6.07) is 7.50. The Kier molecular flexibility index (Phi) is 8.05. The Hall–Kier alpha value is -1.59. The van der Waals surface area contributed by atoms with Gasteiger partial charge in [0.1, 0.15) is 5.75 Å². The third kappa shape index (κ3) is 6.49. The number of ether oxygens (including phenoxy) is 2. The van der Waals surface area contributed by atoms with Gasteiger partial charge in [-0.05, 0) is 63.4 Å². The molecule has 1 unspecified atom stereocenters. The van der Waals surface area contributed by atoms with Gasteiger partial charge >= 0.3 is 0 Å². The Balaban J connectivity index is 1.75. The molecule has 0 spiro atoms. The van der Waals surface area contributed by atoms with Gasteiger partial charge in [-0.3, -0.25) is 9.69 Å². The summed E-state index contributed by atoms with van der Waals surface area (Å²) < 4.78 is 11.3. The van der Waals surface area contributed by atoms with Crippen LogP contribution >= 0.6 is 0 Å². The zero-order chi connectivity index (χ0) is 17.2. The third-order valence-electron chi connectivity index (χ3n) is 4.14. The molecule has 0 saturated carbocycles. The van der Waals surface area contributed by atoms with Crippen molar-refractivity contribution < 1.29 is 14.3 Å². The highest BCUT2D eigenvalue weighted by atomic mass is 16.5. The van der Waals surface area contributed by atoms with E-state index in [-0.39, 0.29) is 5.91 Å². The SMILES string of the molecule is CCCOC1CCCN(CC(=O)Nc2ccc(OCC)cc2)CC1.